The number of aryl methyl sites for hydroxylation is 2. The number of nitrogens with zero attached hydrogens (tertiary/aromatic N) is 1. The van der Waals surface area contributed by atoms with Gasteiger partial charge in [0.05, 0.1) is 18.4 Å². The fourth-order valence-corrected chi connectivity index (χ4v) is 3.87. The van der Waals surface area contributed by atoms with Crippen molar-refractivity contribution < 1.29 is 23.8 Å². The predicted molar refractivity (Wildman–Crippen MR) is 116 cm³/mol. The Labute approximate surface area is 180 Å². The van der Waals surface area contributed by atoms with Gasteiger partial charge in [-0.1, -0.05) is 42.5 Å². The second-order valence-electron chi connectivity index (χ2n) is 7.37. The summed E-state index contributed by atoms with van der Waals surface area (Å²) in [5.74, 6) is -0.00975. The van der Waals surface area contributed by atoms with Crippen molar-refractivity contribution in [2.75, 3.05) is 12.0 Å². The summed E-state index contributed by atoms with van der Waals surface area (Å²) in [6, 6.07) is 19.2. The van der Waals surface area contributed by atoms with Gasteiger partial charge < -0.3 is 14.3 Å². The van der Waals surface area contributed by atoms with E-state index in [2.05, 4.69) is 0 Å². The number of benzene rings is 2. The normalized spacial score (nSPS) is 16.1. The molecule has 0 fully saturated rings. The summed E-state index contributed by atoms with van der Waals surface area (Å²) in [6.07, 6.45) is 0.663. The van der Waals surface area contributed by atoms with Crippen LogP contribution in [0.2, 0.25) is 0 Å². The number of anilines is 1. The van der Waals surface area contributed by atoms with E-state index in [0.717, 1.165) is 5.56 Å². The Hall–Kier alpha value is -3.80. The van der Waals surface area contributed by atoms with Crippen LogP contribution < -0.4 is 9.64 Å². The highest BCUT2D eigenvalue weighted by molar-refractivity contribution is 6.16. The topological polar surface area (TPSA) is 80.0 Å². The first-order chi connectivity index (χ1) is 15.0. The molecule has 0 aliphatic carbocycles. The Morgan fingerprint density at radius 1 is 1.06 bits per heavy atom. The second-order valence-corrected chi connectivity index (χ2v) is 7.37. The molecule has 1 aliphatic heterocycles. The van der Waals surface area contributed by atoms with Gasteiger partial charge in [-0.2, -0.15) is 0 Å². The Morgan fingerprint density at radius 2 is 1.77 bits per heavy atom. The maximum atomic E-state index is 13.2. The molecule has 31 heavy (non-hydrogen) atoms. The van der Waals surface area contributed by atoms with Crippen molar-refractivity contribution >= 4 is 17.4 Å². The second kappa shape index (κ2) is 8.52. The van der Waals surface area contributed by atoms with Crippen molar-refractivity contribution in [3.05, 3.63) is 95.1 Å². The van der Waals surface area contributed by atoms with Crippen LogP contribution >= 0.6 is 0 Å². The third-order valence-electron chi connectivity index (χ3n) is 5.37. The van der Waals surface area contributed by atoms with E-state index in [-0.39, 0.29) is 17.8 Å². The smallest absolute Gasteiger partial charge is 0.294 e. The molecule has 2 aromatic carbocycles. The van der Waals surface area contributed by atoms with Crippen molar-refractivity contribution in [1.29, 1.82) is 0 Å². The molecule has 0 saturated carbocycles. The van der Waals surface area contributed by atoms with Crippen molar-refractivity contribution in [3.8, 4) is 5.75 Å². The molecule has 2 heterocycles. The SMILES string of the molecule is COc1ccccc1N1C(=O)C(O)=C(C(=O)CCc2ccccc2)C1c1ccc(C)o1. The van der Waals surface area contributed by atoms with E-state index >= 15 is 0 Å². The molecule has 1 atom stereocenters. The lowest BCUT2D eigenvalue weighted by Crippen LogP contribution is -2.31. The van der Waals surface area contributed by atoms with Crippen LogP contribution in [0.4, 0.5) is 5.69 Å². The molecule has 1 aliphatic rings. The van der Waals surface area contributed by atoms with E-state index in [1.165, 1.54) is 12.0 Å². The number of carbonyl (C=O) groups is 2. The zero-order valence-corrected chi connectivity index (χ0v) is 17.4. The van der Waals surface area contributed by atoms with Crippen LogP contribution in [0.3, 0.4) is 0 Å². The molecule has 1 aromatic heterocycles. The van der Waals surface area contributed by atoms with Gasteiger partial charge in [-0.15, -0.1) is 0 Å². The Morgan fingerprint density at radius 3 is 2.45 bits per heavy atom. The Bertz CT molecular complexity index is 1150. The lowest BCUT2D eigenvalue weighted by molar-refractivity contribution is -0.118. The average Bonchev–Trinajstić information content (AvgIpc) is 3.33. The number of amides is 1. The molecule has 0 spiro atoms. The van der Waals surface area contributed by atoms with E-state index in [1.54, 1.807) is 43.3 Å². The summed E-state index contributed by atoms with van der Waals surface area (Å²) in [7, 11) is 1.50. The number of carbonyl (C=O) groups excluding carboxylic acids is 2. The number of hydrogen-bond acceptors (Lipinski definition) is 5. The van der Waals surface area contributed by atoms with Gasteiger partial charge in [-0.25, -0.2) is 0 Å². The third kappa shape index (κ3) is 3.84. The summed E-state index contributed by atoms with van der Waals surface area (Å²) in [6.45, 7) is 1.79. The molecule has 3 aromatic rings. The number of furan rings is 1. The van der Waals surface area contributed by atoms with Crippen molar-refractivity contribution in [2.24, 2.45) is 0 Å². The van der Waals surface area contributed by atoms with E-state index in [4.69, 9.17) is 9.15 Å². The molecular weight excluding hydrogens is 394 g/mol. The van der Waals surface area contributed by atoms with Gasteiger partial charge in [0.1, 0.15) is 23.3 Å². The highest BCUT2D eigenvalue weighted by atomic mass is 16.5. The highest BCUT2D eigenvalue weighted by Gasteiger charge is 2.46. The first kappa shape index (κ1) is 20.5. The maximum Gasteiger partial charge on any atom is 0.294 e. The number of hydrogen-bond donors (Lipinski definition) is 1. The standard InChI is InChI=1S/C25H23NO5/c1-16-12-15-21(31-16)23-22(19(27)14-13-17-8-4-3-5-9-17)24(28)25(29)26(23)18-10-6-7-11-20(18)30-2/h3-12,15,23,28H,13-14H2,1-2H3. The molecule has 0 bridgehead atoms. The lowest BCUT2D eigenvalue weighted by Gasteiger charge is -2.26. The van der Waals surface area contributed by atoms with Gasteiger partial charge >= 0.3 is 0 Å². The molecule has 0 radical (unpaired) electrons. The number of Topliss-reactive ketones (excluding diaryl/α,β-unsaturated/α-hetero) is 1. The monoisotopic (exact) mass is 417 g/mol. The third-order valence-corrected chi connectivity index (χ3v) is 5.37. The molecule has 1 unspecified atom stereocenters. The van der Waals surface area contributed by atoms with Crippen LogP contribution in [0.15, 0.2) is 82.5 Å². The summed E-state index contributed by atoms with van der Waals surface area (Å²) in [5, 5.41) is 10.7. The van der Waals surface area contributed by atoms with E-state index in [9.17, 15) is 14.7 Å². The van der Waals surface area contributed by atoms with Crippen LogP contribution in [-0.4, -0.2) is 23.9 Å². The zero-order chi connectivity index (χ0) is 22.0. The summed E-state index contributed by atoms with van der Waals surface area (Å²) < 4.78 is 11.2. The van der Waals surface area contributed by atoms with Gasteiger partial charge in [0, 0.05) is 6.42 Å². The Balaban J connectivity index is 1.74. The summed E-state index contributed by atoms with van der Waals surface area (Å²) in [4.78, 5) is 27.7. The number of aliphatic hydroxyl groups is 1. The minimum atomic E-state index is -0.874. The molecule has 6 nitrogen and oxygen atoms in total. The van der Waals surface area contributed by atoms with Gasteiger partial charge in [0.25, 0.3) is 5.91 Å². The summed E-state index contributed by atoms with van der Waals surface area (Å²) in [5.41, 5.74) is 1.50. The molecule has 158 valence electrons. The number of aliphatic hydroxyl groups excluding tert-OH is 1. The largest absolute Gasteiger partial charge is 0.503 e. The maximum absolute atomic E-state index is 13.2. The zero-order valence-electron chi connectivity index (χ0n) is 17.4. The minimum Gasteiger partial charge on any atom is -0.503 e. The average molecular weight is 417 g/mol. The van der Waals surface area contributed by atoms with E-state index < -0.39 is 17.7 Å². The van der Waals surface area contributed by atoms with Crippen LogP contribution in [0.1, 0.15) is 29.5 Å². The van der Waals surface area contributed by atoms with Crippen molar-refractivity contribution in [3.63, 3.8) is 0 Å². The molecule has 4 rings (SSSR count). The predicted octanol–water partition coefficient (Wildman–Crippen LogP) is 4.70. The molecule has 1 amide bonds. The highest BCUT2D eigenvalue weighted by Crippen LogP contribution is 2.44. The van der Waals surface area contributed by atoms with Crippen LogP contribution in [0.5, 0.6) is 5.75 Å². The Kier molecular flexibility index (Phi) is 5.62. The van der Waals surface area contributed by atoms with Crippen LogP contribution in [0.25, 0.3) is 0 Å². The molecule has 1 N–H and O–H groups in total. The number of methoxy groups -OCH3 is 1. The molecule has 6 heteroatoms. The number of ketones is 1. The van der Waals surface area contributed by atoms with Gasteiger partial charge in [0.2, 0.25) is 0 Å². The molecule has 0 saturated heterocycles. The lowest BCUT2D eigenvalue weighted by atomic mass is 9.96. The van der Waals surface area contributed by atoms with Gasteiger partial charge in [-0.05, 0) is 43.2 Å². The number of rotatable bonds is 7. The van der Waals surface area contributed by atoms with E-state index in [0.29, 0.717) is 29.4 Å². The first-order valence-electron chi connectivity index (χ1n) is 10.0. The van der Waals surface area contributed by atoms with E-state index in [1.807, 2.05) is 30.3 Å². The fourth-order valence-electron chi connectivity index (χ4n) is 3.87. The first-order valence-corrected chi connectivity index (χ1v) is 10.0. The van der Waals surface area contributed by atoms with Crippen molar-refractivity contribution in [1.82, 2.24) is 0 Å². The van der Waals surface area contributed by atoms with Gasteiger partial charge in [-0.3, -0.25) is 14.5 Å². The minimum absolute atomic E-state index is 0.0428. The quantitative estimate of drug-likeness (QED) is 0.603. The number of para-hydroxylation sites is 2. The van der Waals surface area contributed by atoms with Crippen LogP contribution in [-0.2, 0) is 16.0 Å². The van der Waals surface area contributed by atoms with Crippen molar-refractivity contribution in [2.45, 2.75) is 25.8 Å². The number of ether oxygens (including phenoxy) is 1. The fraction of sp³-hybridized carbons (Fsp3) is 0.200. The summed E-state index contributed by atoms with van der Waals surface area (Å²) >= 11 is 0. The van der Waals surface area contributed by atoms with Gasteiger partial charge in [0.15, 0.2) is 11.5 Å². The van der Waals surface area contributed by atoms with Crippen LogP contribution in [0, 0.1) is 6.92 Å². The molecular formula is C25H23NO5.